The molecular weight excluding hydrogens is 370 g/mol. The average molecular weight is 395 g/mol. The van der Waals surface area contributed by atoms with Gasteiger partial charge in [0, 0.05) is 18.4 Å². The molecule has 3 rings (SSSR count). The lowest BCUT2D eigenvalue weighted by atomic mass is 10.1. The fourth-order valence-electron chi connectivity index (χ4n) is 3.24. The summed E-state index contributed by atoms with van der Waals surface area (Å²) in [6, 6.07) is 8.61. The zero-order valence-corrected chi connectivity index (χ0v) is 17.3. The number of fused-ring (bicyclic) bond motifs is 1. The van der Waals surface area contributed by atoms with E-state index in [1.807, 2.05) is 31.4 Å². The number of hydrogen-bond acceptors (Lipinski definition) is 5. The van der Waals surface area contributed by atoms with Crippen LogP contribution < -0.4 is 20.2 Å². The van der Waals surface area contributed by atoms with Crippen molar-refractivity contribution in [2.24, 2.45) is 0 Å². The van der Waals surface area contributed by atoms with E-state index in [1.54, 1.807) is 44.7 Å². The Morgan fingerprint density at radius 1 is 1.17 bits per heavy atom. The lowest BCUT2D eigenvalue weighted by Gasteiger charge is -2.17. The van der Waals surface area contributed by atoms with Crippen LogP contribution in [-0.4, -0.2) is 29.7 Å². The van der Waals surface area contributed by atoms with Crippen LogP contribution in [0, 0.1) is 6.92 Å². The Labute approximate surface area is 169 Å². The van der Waals surface area contributed by atoms with Crippen LogP contribution >= 0.6 is 0 Å². The molecule has 0 unspecified atom stereocenters. The van der Waals surface area contributed by atoms with Gasteiger partial charge in [0.2, 0.25) is 5.43 Å². The minimum atomic E-state index is -0.429. The maximum Gasteiger partial charge on any atom is 0.257 e. The second-order valence-corrected chi connectivity index (χ2v) is 6.79. The molecule has 0 bridgehead atoms. The highest BCUT2D eigenvalue weighted by Gasteiger charge is 2.19. The first-order chi connectivity index (χ1) is 13.9. The average Bonchev–Trinajstić information content (AvgIpc) is 2.73. The van der Waals surface area contributed by atoms with Crippen LogP contribution in [0.1, 0.15) is 41.5 Å². The second kappa shape index (κ2) is 8.34. The van der Waals surface area contributed by atoms with Crippen molar-refractivity contribution in [2.45, 2.75) is 33.4 Å². The number of carbonyl (C=O) groups is 1. The van der Waals surface area contributed by atoms with Crippen LogP contribution in [0.15, 0.2) is 41.3 Å². The number of ether oxygens (including phenoxy) is 2. The molecule has 152 valence electrons. The van der Waals surface area contributed by atoms with Gasteiger partial charge in [0.1, 0.15) is 11.2 Å². The third-order valence-corrected chi connectivity index (χ3v) is 4.90. The number of aryl methyl sites for hydroxylation is 2. The summed E-state index contributed by atoms with van der Waals surface area (Å²) in [5, 5.41) is 3.33. The molecule has 29 heavy (non-hydrogen) atoms. The lowest BCUT2D eigenvalue weighted by Crippen LogP contribution is -2.32. The molecule has 3 aromatic rings. The molecule has 0 fully saturated rings. The molecule has 0 spiro atoms. The number of rotatable bonds is 6. The van der Waals surface area contributed by atoms with E-state index >= 15 is 0 Å². The van der Waals surface area contributed by atoms with Crippen molar-refractivity contribution in [3.8, 4) is 11.5 Å². The van der Waals surface area contributed by atoms with Gasteiger partial charge in [-0.2, -0.15) is 0 Å². The number of benzene rings is 1. The van der Waals surface area contributed by atoms with E-state index < -0.39 is 5.91 Å². The Kier molecular flexibility index (Phi) is 5.87. The number of pyridine rings is 2. The molecule has 0 saturated carbocycles. The summed E-state index contributed by atoms with van der Waals surface area (Å²) < 4.78 is 12.4. The Hall–Kier alpha value is -3.35. The molecular formula is C22H25N3O4. The van der Waals surface area contributed by atoms with Crippen molar-refractivity contribution in [1.82, 2.24) is 14.9 Å². The van der Waals surface area contributed by atoms with E-state index in [2.05, 4.69) is 10.3 Å². The van der Waals surface area contributed by atoms with Crippen LogP contribution in [0.5, 0.6) is 11.5 Å². The van der Waals surface area contributed by atoms with Gasteiger partial charge in [-0.1, -0.05) is 6.07 Å². The quantitative estimate of drug-likeness (QED) is 0.693. The minimum absolute atomic E-state index is 0.0947. The molecule has 7 heteroatoms. The Balaban J connectivity index is 1.95. The molecule has 2 heterocycles. The lowest BCUT2D eigenvalue weighted by molar-refractivity contribution is 0.0938. The standard InChI is InChI=1S/C22H25N3O4/c1-6-25-12-17(20(26)16-9-7-13(2)23-21(16)25)22(27)24-14(3)15-8-10-18(28-4)19(11-15)29-5/h7-12,14H,6H2,1-5H3,(H,24,27)/t14-/m0/s1. The minimum Gasteiger partial charge on any atom is -0.493 e. The van der Waals surface area contributed by atoms with Gasteiger partial charge in [0.25, 0.3) is 5.91 Å². The number of hydrogen-bond donors (Lipinski definition) is 1. The predicted octanol–water partition coefficient (Wildman–Crippen LogP) is 3.23. The van der Waals surface area contributed by atoms with Crippen LogP contribution in [0.4, 0.5) is 0 Å². The van der Waals surface area contributed by atoms with Crippen molar-refractivity contribution in [1.29, 1.82) is 0 Å². The first-order valence-corrected chi connectivity index (χ1v) is 9.43. The molecule has 0 radical (unpaired) electrons. The van der Waals surface area contributed by atoms with Gasteiger partial charge in [-0.25, -0.2) is 4.98 Å². The molecule has 0 aliphatic heterocycles. The number of methoxy groups -OCH3 is 2. The van der Waals surface area contributed by atoms with Gasteiger partial charge in [-0.15, -0.1) is 0 Å². The van der Waals surface area contributed by atoms with E-state index in [1.165, 1.54) is 0 Å². The molecule has 2 aromatic heterocycles. The third kappa shape index (κ3) is 3.94. The fourth-order valence-corrected chi connectivity index (χ4v) is 3.24. The van der Waals surface area contributed by atoms with E-state index in [-0.39, 0.29) is 17.0 Å². The monoisotopic (exact) mass is 395 g/mol. The summed E-state index contributed by atoms with van der Waals surface area (Å²) in [5.41, 5.74) is 2.01. The number of amides is 1. The van der Waals surface area contributed by atoms with Gasteiger partial charge in [-0.3, -0.25) is 9.59 Å². The van der Waals surface area contributed by atoms with Crippen LogP contribution in [-0.2, 0) is 6.54 Å². The van der Waals surface area contributed by atoms with Crippen molar-refractivity contribution in [2.75, 3.05) is 14.2 Å². The number of aromatic nitrogens is 2. The normalized spacial score (nSPS) is 11.9. The van der Waals surface area contributed by atoms with Gasteiger partial charge in [0.15, 0.2) is 11.5 Å². The van der Waals surface area contributed by atoms with Crippen LogP contribution in [0.3, 0.4) is 0 Å². The Morgan fingerprint density at radius 3 is 2.55 bits per heavy atom. The molecule has 7 nitrogen and oxygen atoms in total. The van der Waals surface area contributed by atoms with E-state index in [0.717, 1.165) is 11.3 Å². The maximum atomic E-state index is 12.9. The molecule has 0 aliphatic rings. The van der Waals surface area contributed by atoms with E-state index in [0.29, 0.717) is 29.1 Å². The summed E-state index contributed by atoms with van der Waals surface area (Å²) in [4.78, 5) is 30.3. The fraction of sp³-hybridized carbons (Fsp3) is 0.318. The van der Waals surface area contributed by atoms with E-state index in [9.17, 15) is 9.59 Å². The molecule has 0 aliphatic carbocycles. The number of carbonyl (C=O) groups excluding carboxylic acids is 1. The highest BCUT2D eigenvalue weighted by Crippen LogP contribution is 2.30. The summed E-state index contributed by atoms with van der Waals surface area (Å²) >= 11 is 0. The molecule has 1 aromatic carbocycles. The highest BCUT2D eigenvalue weighted by atomic mass is 16.5. The van der Waals surface area contributed by atoms with Crippen molar-refractivity contribution in [3.05, 3.63) is 63.6 Å². The largest absolute Gasteiger partial charge is 0.493 e. The third-order valence-electron chi connectivity index (χ3n) is 4.90. The zero-order chi connectivity index (χ0) is 21.1. The SMILES string of the molecule is CCn1cc(C(=O)N[C@@H](C)c2ccc(OC)c(OC)c2)c(=O)c2ccc(C)nc21. The van der Waals surface area contributed by atoms with Crippen LogP contribution in [0.2, 0.25) is 0 Å². The van der Waals surface area contributed by atoms with Gasteiger partial charge in [-0.05, 0) is 50.6 Å². The van der Waals surface area contributed by atoms with Crippen LogP contribution in [0.25, 0.3) is 11.0 Å². The molecule has 1 atom stereocenters. The second-order valence-electron chi connectivity index (χ2n) is 6.79. The van der Waals surface area contributed by atoms with Crippen molar-refractivity contribution >= 4 is 16.9 Å². The summed E-state index contributed by atoms with van der Waals surface area (Å²) in [7, 11) is 3.13. The first-order valence-electron chi connectivity index (χ1n) is 9.43. The van der Waals surface area contributed by atoms with Gasteiger partial charge >= 0.3 is 0 Å². The summed E-state index contributed by atoms with van der Waals surface area (Å²) in [5.74, 6) is 0.756. The Bertz CT molecular complexity index is 1120. The van der Waals surface area contributed by atoms with Crippen molar-refractivity contribution in [3.63, 3.8) is 0 Å². The van der Waals surface area contributed by atoms with E-state index in [4.69, 9.17) is 9.47 Å². The predicted molar refractivity (Wildman–Crippen MR) is 112 cm³/mol. The Morgan fingerprint density at radius 2 is 1.90 bits per heavy atom. The first kappa shape index (κ1) is 20.4. The molecule has 1 amide bonds. The highest BCUT2D eigenvalue weighted by molar-refractivity contribution is 5.97. The molecule has 1 N–H and O–H groups in total. The topological polar surface area (TPSA) is 82.5 Å². The van der Waals surface area contributed by atoms with Gasteiger partial charge < -0.3 is 19.4 Å². The maximum absolute atomic E-state index is 12.9. The number of nitrogens with one attached hydrogen (secondary N) is 1. The van der Waals surface area contributed by atoms with Crippen molar-refractivity contribution < 1.29 is 14.3 Å². The van der Waals surface area contributed by atoms with Gasteiger partial charge in [0.05, 0.1) is 25.6 Å². The molecule has 0 saturated heterocycles. The zero-order valence-electron chi connectivity index (χ0n) is 17.3. The smallest absolute Gasteiger partial charge is 0.257 e. The summed E-state index contributed by atoms with van der Waals surface area (Å²) in [6.07, 6.45) is 1.58. The summed E-state index contributed by atoms with van der Waals surface area (Å²) in [6.45, 7) is 6.26. The number of nitrogens with zero attached hydrogens (tertiary/aromatic N) is 2.